The van der Waals surface area contributed by atoms with Gasteiger partial charge in [-0.05, 0) is 67.6 Å². The maximum Gasteiger partial charge on any atom is 0.119 e. The van der Waals surface area contributed by atoms with E-state index >= 15 is 0 Å². The number of ether oxygens (including phenoxy) is 1. The molecule has 3 aromatic carbocycles. The number of rotatable bonds is 8. The molecule has 0 fully saturated rings. The summed E-state index contributed by atoms with van der Waals surface area (Å²) in [7, 11) is 0. The van der Waals surface area contributed by atoms with Gasteiger partial charge in [-0.25, -0.2) is 4.98 Å². The second-order valence-electron chi connectivity index (χ2n) is 7.68. The monoisotopic (exact) mass is 384 g/mol. The number of fused-ring (bicyclic) bond motifs is 1. The lowest BCUT2D eigenvalue weighted by atomic mass is 10.1. The van der Waals surface area contributed by atoms with Crippen LogP contribution < -0.4 is 4.74 Å². The van der Waals surface area contributed by atoms with E-state index in [1.807, 2.05) is 0 Å². The number of aromatic nitrogens is 2. The number of aryl methyl sites for hydroxylation is 5. The highest BCUT2D eigenvalue weighted by atomic mass is 16.5. The molecule has 0 aliphatic carbocycles. The van der Waals surface area contributed by atoms with E-state index in [4.69, 9.17) is 9.72 Å². The lowest BCUT2D eigenvalue weighted by Crippen LogP contribution is -2.09. The molecule has 0 N–H and O–H groups in total. The van der Waals surface area contributed by atoms with Crippen LogP contribution in [0.25, 0.3) is 11.0 Å². The highest BCUT2D eigenvalue weighted by Gasteiger charge is 2.10. The molecule has 0 saturated heterocycles. The minimum Gasteiger partial charge on any atom is -0.494 e. The van der Waals surface area contributed by atoms with Gasteiger partial charge in [-0.3, -0.25) is 0 Å². The van der Waals surface area contributed by atoms with E-state index in [1.54, 1.807) is 0 Å². The zero-order chi connectivity index (χ0) is 20.1. The van der Waals surface area contributed by atoms with Crippen LogP contribution in [0.4, 0.5) is 0 Å². The first-order valence-corrected chi connectivity index (χ1v) is 10.4. The molecule has 1 aromatic heterocycles. The predicted octanol–water partition coefficient (Wildman–Crippen LogP) is 5.91. The molecule has 4 rings (SSSR count). The summed E-state index contributed by atoms with van der Waals surface area (Å²) in [5, 5.41) is 0. The Morgan fingerprint density at radius 3 is 2.34 bits per heavy atom. The van der Waals surface area contributed by atoms with Crippen LogP contribution in [0.5, 0.6) is 5.75 Å². The summed E-state index contributed by atoms with van der Waals surface area (Å²) in [4.78, 5) is 4.91. The second kappa shape index (κ2) is 8.95. The summed E-state index contributed by atoms with van der Waals surface area (Å²) >= 11 is 0. The number of hydrogen-bond acceptors (Lipinski definition) is 2. The Balaban J connectivity index is 1.44. The number of para-hydroxylation sites is 2. The van der Waals surface area contributed by atoms with Crippen LogP contribution in [-0.4, -0.2) is 16.2 Å². The first kappa shape index (κ1) is 19.3. The van der Waals surface area contributed by atoms with E-state index in [-0.39, 0.29) is 0 Å². The highest BCUT2D eigenvalue weighted by Crippen LogP contribution is 2.19. The van der Waals surface area contributed by atoms with E-state index < -0.39 is 0 Å². The molecule has 3 nitrogen and oxygen atoms in total. The number of imidazole rings is 1. The van der Waals surface area contributed by atoms with Gasteiger partial charge in [0.25, 0.3) is 0 Å². The average Bonchev–Trinajstić information content (AvgIpc) is 3.07. The Hall–Kier alpha value is -3.07. The van der Waals surface area contributed by atoms with Gasteiger partial charge in [-0.1, -0.05) is 48.5 Å². The van der Waals surface area contributed by atoms with Crippen molar-refractivity contribution < 1.29 is 4.74 Å². The molecule has 29 heavy (non-hydrogen) atoms. The molecule has 0 spiro atoms. The van der Waals surface area contributed by atoms with Gasteiger partial charge in [-0.2, -0.15) is 0 Å². The van der Waals surface area contributed by atoms with Crippen molar-refractivity contribution in [1.29, 1.82) is 0 Å². The molecule has 0 bridgehead atoms. The molecule has 0 atom stereocenters. The molecule has 0 unspecified atom stereocenters. The fourth-order valence-electron chi connectivity index (χ4n) is 3.90. The summed E-state index contributed by atoms with van der Waals surface area (Å²) in [6.45, 7) is 5.83. The molecular weight excluding hydrogens is 356 g/mol. The van der Waals surface area contributed by atoms with E-state index in [0.29, 0.717) is 6.61 Å². The fraction of sp³-hybridized carbons (Fsp3) is 0.269. The van der Waals surface area contributed by atoms with Crippen LogP contribution in [0.3, 0.4) is 0 Å². The topological polar surface area (TPSA) is 27.1 Å². The average molecular weight is 385 g/mol. The SMILES string of the molecule is Cc1cc(C)cc(OCCCn2c(CCc3ccccc3)nc3ccccc32)c1. The van der Waals surface area contributed by atoms with Gasteiger partial charge >= 0.3 is 0 Å². The third kappa shape index (κ3) is 4.86. The lowest BCUT2D eigenvalue weighted by molar-refractivity contribution is 0.301. The summed E-state index contributed by atoms with van der Waals surface area (Å²) < 4.78 is 8.38. The van der Waals surface area contributed by atoms with Crippen molar-refractivity contribution in [2.45, 2.75) is 39.7 Å². The zero-order valence-electron chi connectivity index (χ0n) is 17.3. The van der Waals surface area contributed by atoms with Gasteiger partial charge in [0, 0.05) is 13.0 Å². The lowest BCUT2D eigenvalue weighted by Gasteiger charge is -2.11. The van der Waals surface area contributed by atoms with E-state index in [9.17, 15) is 0 Å². The molecule has 0 radical (unpaired) electrons. The highest BCUT2D eigenvalue weighted by molar-refractivity contribution is 5.75. The summed E-state index contributed by atoms with van der Waals surface area (Å²) in [5.74, 6) is 2.11. The van der Waals surface area contributed by atoms with Crippen LogP contribution in [0, 0.1) is 13.8 Å². The molecule has 3 heteroatoms. The van der Waals surface area contributed by atoms with Crippen molar-refractivity contribution in [3.63, 3.8) is 0 Å². The van der Waals surface area contributed by atoms with Crippen LogP contribution in [0.2, 0.25) is 0 Å². The number of nitrogens with zero attached hydrogens (tertiary/aromatic N) is 2. The van der Waals surface area contributed by atoms with Crippen molar-refractivity contribution in [2.75, 3.05) is 6.61 Å². The van der Waals surface area contributed by atoms with Gasteiger partial charge in [-0.15, -0.1) is 0 Å². The van der Waals surface area contributed by atoms with Crippen LogP contribution in [0.1, 0.15) is 28.9 Å². The van der Waals surface area contributed by atoms with E-state index in [1.165, 1.54) is 22.2 Å². The number of benzene rings is 3. The maximum absolute atomic E-state index is 6.01. The first-order chi connectivity index (χ1) is 14.2. The smallest absolute Gasteiger partial charge is 0.119 e. The van der Waals surface area contributed by atoms with Crippen LogP contribution in [0.15, 0.2) is 72.8 Å². The normalized spacial score (nSPS) is 11.1. The Labute approximate surface area is 173 Å². The minimum absolute atomic E-state index is 0.702. The molecule has 0 aliphatic rings. The standard InChI is InChI=1S/C26H28N2O/c1-20-17-21(2)19-23(18-20)29-16-8-15-28-25-12-7-6-11-24(25)27-26(28)14-13-22-9-4-3-5-10-22/h3-7,9-12,17-19H,8,13-16H2,1-2H3. The quantitative estimate of drug-likeness (QED) is 0.353. The largest absolute Gasteiger partial charge is 0.494 e. The zero-order valence-corrected chi connectivity index (χ0v) is 17.3. The molecule has 0 aliphatic heterocycles. The van der Waals surface area contributed by atoms with Gasteiger partial charge < -0.3 is 9.30 Å². The van der Waals surface area contributed by atoms with Gasteiger partial charge in [0.05, 0.1) is 17.6 Å². The van der Waals surface area contributed by atoms with Crippen molar-refractivity contribution in [1.82, 2.24) is 9.55 Å². The fourth-order valence-corrected chi connectivity index (χ4v) is 3.90. The third-order valence-electron chi connectivity index (χ3n) is 5.20. The predicted molar refractivity (Wildman–Crippen MR) is 120 cm³/mol. The van der Waals surface area contributed by atoms with Gasteiger partial charge in [0.1, 0.15) is 11.6 Å². The Morgan fingerprint density at radius 1 is 0.828 bits per heavy atom. The van der Waals surface area contributed by atoms with Crippen molar-refractivity contribution in [2.24, 2.45) is 0 Å². The first-order valence-electron chi connectivity index (χ1n) is 10.4. The van der Waals surface area contributed by atoms with Crippen molar-refractivity contribution in [3.8, 4) is 5.75 Å². The minimum atomic E-state index is 0.702. The molecule has 148 valence electrons. The Morgan fingerprint density at radius 2 is 1.55 bits per heavy atom. The summed E-state index contributed by atoms with van der Waals surface area (Å²) in [6.07, 6.45) is 2.89. The Bertz CT molecular complexity index is 1060. The summed E-state index contributed by atoms with van der Waals surface area (Å²) in [6, 6.07) is 25.4. The van der Waals surface area contributed by atoms with E-state index in [0.717, 1.165) is 42.9 Å². The van der Waals surface area contributed by atoms with Crippen molar-refractivity contribution >= 4 is 11.0 Å². The molecule has 0 saturated carbocycles. The van der Waals surface area contributed by atoms with Gasteiger partial charge in [0.15, 0.2) is 0 Å². The maximum atomic E-state index is 6.01. The van der Waals surface area contributed by atoms with E-state index in [2.05, 4.69) is 91.2 Å². The van der Waals surface area contributed by atoms with Crippen LogP contribution in [-0.2, 0) is 19.4 Å². The molecule has 1 heterocycles. The van der Waals surface area contributed by atoms with Crippen molar-refractivity contribution in [3.05, 3.63) is 95.3 Å². The van der Waals surface area contributed by atoms with Gasteiger partial charge in [0.2, 0.25) is 0 Å². The molecule has 0 amide bonds. The third-order valence-corrected chi connectivity index (χ3v) is 5.20. The van der Waals surface area contributed by atoms with Crippen LogP contribution >= 0.6 is 0 Å². The molecule has 4 aromatic rings. The Kier molecular flexibility index (Phi) is 5.95. The summed E-state index contributed by atoms with van der Waals surface area (Å²) in [5.41, 5.74) is 6.12. The number of hydrogen-bond donors (Lipinski definition) is 0. The second-order valence-corrected chi connectivity index (χ2v) is 7.68. The molecular formula is C26H28N2O.